The summed E-state index contributed by atoms with van der Waals surface area (Å²) in [6.45, 7) is 2.27. The Kier molecular flexibility index (Phi) is 16.9. The highest BCUT2D eigenvalue weighted by Gasteiger charge is 1.92. The van der Waals surface area contributed by atoms with Crippen LogP contribution in [0.1, 0.15) is 96.8 Å². The van der Waals surface area contributed by atoms with Crippen LogP contribution in [-0.4, -0.2) is 6.29 Å². The normalized spacial score (nSPS) is 11.2. The Balaban J connectivity index is 2.97. The highest BCUT2D eigenvalue weighted by atomic mass is 16.1. The van der Waals surface area contributed by atoms with Crippen molar-refractivity contribution in [3.05, 3.63) is 12.2 Å². The molecule has 0 heterocycles. The second-order valence-corrected chi connectivity index (χ2v) is 5.50. The minimum absolute atomic E-state index is 0.457. The van der Waals surface area contributed by atoms with E-state index in [1.54, 1.807) is 0 Å². The Labute approximate surface area is 120 Å². The van der Waals surface area contributed by atoms with Gasteiger partial charge in [0.05, 0.1) is 0 Å². The van der Waals surface area contributed by atoms with E-state index in [2.05, 4.69) is 13.0 Å². The highest BCUT2D eigenvalue weighted by molar-refractivity contribution is 5.52. The summed E-state index contributed by atoms with van der Waals surface area (Å²) in [6, 6.07) is 0. The van der Waals surface area contributed by atoms with Gasteiger partial charge in [-0.05, 0) is 12.8 Å². The van der Waals surface area contributed by atoms with Crippen LogP contribution >= 0.6 is 0 Å². The molecule has 0 saturated heterocycles. The zero-order valence-corrected chi connectivity index (χ0v) is 13.0. The Bertz CT molecular complexity index is 196. The lowest BCUT2D eigenvalue weighted by Crippen LogP contribution is -1.82. The predicted molar refractivity (Wildman–Crippen MR) is 85.1 cm³/mol. The van der Waals surface area contributed by atoms with Crippen molar-refractivity contribution in [3.63, 3.8) is 0 Å². The molecule has 0 aromatic heterocycles. The van der Waals surface area contributed by atoms with E-state index >= 15 is 0 Å². The van der Waals surface area contributed by atoms with Gasteiger partial charge in [-0.25, -0.2) is 0 Å². The molecule has 0 aromatic rings. The second kappa shape index (κ2) is 17.4. The van der Waals surface area contributed by atoms with Gasteiger partial charge >= 0.3 is 0 Å². The van der Waals surface area contributed by atoms with E-state index < -0.39 is 0 Å². The minimum atomic E-state index is 0.457. The van der Waals surface area contributed by atoms with Crippen molar-refractivity contribution in [1.82, 2.24) is 0 Å². The van der Waals surface area contributed by atoms with Crippen molar-refractivity contribution in [3.8, 4) is 0 Å². The first-order valence-electron chi connectivity index (χ1n) is 8.41. The number of rotatable bonds is 15. The molecular weight excluding hydrogens is 232 g/mol. The molecule has 19 heavy (non-hydrogen) atoms. The van der Waals surface area contributed by atoms with Crippen molar-refractivity contribution in [2.75, 3.05) is 0 Å². The lowest BCUT2D eigenvalue weighted by molar-refractivity contribution is 0.545. The van der Waals surface area contributed by atoms with Crippen LogP contribution in [-0.2, 0) is 4.79 Å². The van der Waals surface area contributed by atoms with E-state index in [4.69, 9.17) is 0 Å². The Morgan fingerprint density at radius 2 is 1.16 bits per heavy atom. The maximum Gasteiger partial charge on any atom is 0.202 e. The zero-order chi connectivity index (χ0) is 14.0. The van der Waals surface area contributed by atoms with E-state index in [-0.39, 0.29) is 0 Å². The molecule has 0 bridgehead atoms. The van der Waals surface area contributed by atoms with Crippen LogP contribution in [0.15, 0.2) is 12.2 Å². The summed E-state index contributed by atoms with van der Waals surface area (Å²) >= 11 is 0. The predicted octanol–water partition coefficient (Wildman–Crippen LogP) is 6.13. The minimum Gasteiger partial charge on any atom is -0.291 e. The van der Waals surface area contributed by atoms with Crippen LogP contribution in [0.25, 0.3) is 0 Å². The summed E-state index contributed by atoms with van der Waals surface area (Å²) in [5, 5.41) is 0. The van der Waals surface area contributed by atoms with Gasteiger partial charge in [-0.2, -0.15) is 0 Å². The standard InChI is InChI=1S/C18H33O/c1-2-3-4-5-6-7-8-9-10-11-12-13-14-15-16-17-18-19/h15-16H,2-14,17H2,1H3. The van der Waals surface area contributed by atoms with Crippen LogP contribution in [0.2, 0.25) is 0 Å². The highest BCUT2D eigenvalue weighted by Crippen LogP contribution is 2.12. The van der Waals surface area contributed by atoms with Gasteiger partial charge in [0, 0.05) is 6.42 Å². The molecule has 0 rings (SSSR count). The lowest BCUT2D eigenvalue weighted by Gasteiger charge is -2.02. The van der Waals surface area contributed by atoms with Gasteiger partial charge in [0.1, 0.15) is 0 Å². The maximum absolute atomic E-state index is 9.96. The van der Waals surface area contributed by atoms with Crippen molar-refractivity contribution in [1.29, 1.82) is 0 Å². The largest absolute Gasteiger partial charge is 0.291 e. The molecule has 0 aliphatic carbocycles. The molecule has 1 heteroatoms. The van der Waals surface area contributed by atoms with E-state index in [0.717, 1.165) is 6.42 Å². The molecule has 0 aliphatic rings. The molecule has 0 amide bonds. The number of allylic oxidation sites excluding steroid dienone is 2. The third-order valence-electron chi connectivity index (χ3n) is 3.59. The topological polar surface area (TPSA) is 17.1 Å². The quantitative estimate of drug-likeness (QED) is 0.257. The summed E-state index contributed by atoms with van der Waals surface area (Å²) in [5.41, 5.74) is 0. The van der Waals surface area contributed by atoms with Crippen LogP contribution in [0.5, 0.6) is 0 Å². The maximum atomic E-state index is 9.96. The van der Waals surface area contributed by atoms with Gasteiger partial charge in [-0.1, -0.05) is 89.7 Å². The summed E-state index contributed by atoms with van der Waals surface area (Å²) in [6.07, 6.45) is 24.3. The Morgan fingerprint density at radius 1 is 0.684 bits per heavy atom. The first-order valence-corrected chi connectivity index (χ1v) is 8.41. The SMILES string of the molecule is CCCCCCCCCCCCCCC=CC[C]=O. The summed E-state index contributed by atoms with van der Waals surface area (Å²) in [5.74, 6) is 0. The molecule has 0 N–H and O–H groups in total. The molecule has 111 valence electrons. The number of hydrogen-bond donors (Lipinski definition) is 0. The first kappa shape index (κ1) is 18.4. The molecule has 1 nitrogen and oxygen atoms in total. The summed E-state index contributed by atoms with van der Waals surface area (Å²) in [4.78, 5) is 9.96. The zero-order valence-electron chi connectivity index (χ0n) is 13.0. The van der Waals surface area contributed by atoms with Crippen LogP contribution in [0.3, 0.4) is 0 Å². The summed E-state index contributed by atoms with van der Waals surface area (Å²) in [7, 11) is 0. The average molecular weight is 265 g/mol. The van der Waals surface area contributed by atoms with E-state index in [1.165, 1.54) is 77.0 Å². The van der Waals surface area contributed by atoms with Crippen molar-refractivity contribution in [2.24, 2.45) is 0 Å². The van der Waals surface area contributed by atoms with E-state index in [0.29, 0.717) is 6.42 Å². The van der Waals surface area contributed by atoms with E-state index in [9.17, 15) is 4.79 Å². The lowest BCUT2D eigenvalue weighted by atomic mass is 10.0. The molecule has 0 unspecified atom stereocenters. The fourth-order valence-electron chi connectivity index (χ4n) is 2.35. The molecule has 0 aliphatic heterocycles. The van der Waals surface area contributed by atoms with Crippen LogP contribution in [0.4, 0.5) is 0 Å². The third-order valence-corrected chi connectivity index (χ3v) is 3.59. The molecule has 0 spiro atoms. The Hall–Kier alpha value is -0.590. The molecule has 0 fully saturated rings. The van der Waals surface area contributed by atoms with Crippen molar-refractivity contribution in [2.45, 2.75) is 96.8 Å². The van der Waals surface area contributed by atoms with Gasteiger partial charge in [-0.15, -0.1) is 0 Å². The van der Waals surface area contributed by atoms with E-state index in [1.807, 2.05) is 12.4 Å². The average Bonchev–Trinajstić information content (AvgIpc) is 2.43. The fraction of sp³-hybridized carbons (Fsp3) is 0.833. The molecule has 1 radical (unpaired) electrons. The first-order chi connectivity index (χ1) is 9.41. The van der Waals surface area contributed by atoms with Gasteiger partial charge < -0.3 is 0 Å². The number of unbranched alkanes of at least 4 members (excludes halogenated alkanes) is 12. The molecular formula is C18H33O. The third kappa shape index (κ3) is 17.4. The fourth-order valence-corrected chi connectivity index (χ4v) is 2.35. The van der Waals surface area contributed by atoms with Crippen molar-refractivity contribution >= 4 is 6.29 Å². The molecule has 0 atom stereocenters. The monoisotopic (exact) mass is 265 g/mol. The van der Waals surface area contributed by atoms with Crippen molar-refractivity contribution < 1.29 is 4.79 Å². The number of carbonyl (C=O) groups excluding carboxylic acids is 1. The van der Waals surface area contributed by atoms with Crippen LogP contribution < -0.4 is 0 Å². The van der Waals surface area contributed by atoms with Gasteiger partial charge in [-0.3, -0.25) is 4.79 Å². The van der Waals surface area contributed by atoms with Gasteiger partial charge in [0.15, 0.2) is 0 Å². The molecule has 0 aromatic carbocycles. The van der Waals surface area contributed by atoms with Crippen LogP contribution in [0, 0.1) is 0 Å². The smallest absolute Gasteiger partial charge is 0.202 e. The second-order valence-electron chi connectivity index (χ2n) is 5.50. The van der Waals surface area contributed by atoms with Gasteiger partial charge in [0.25, 0.3) is 0 Å². The summed E-state index contributed by atoms with van der Waals surface area (Å²) < 4.78 is 0. The Morgan fingerprint density at radius 3 is 1.63 bits per heavy atom. The van der Waals surface area contributed by atoms with Gasteiger partial charge in [0.2, 0.25) is 6.29 Å². The molecule has 0 saturated carbocycles. The number of hydrogen-bond acceptors (Lipinski definition) is 1.